The first-order chi connectivity index (χ1) is 19.0. The van der Waals surface area contributed by atoms with Crippen molar-refractivity contribution in [3.05, 3.63) is 89.3 Å². The van der Waals surface area contributed by atoms with Crippen molar-refractivity contribution in [2.45, 2.75) is 46.2 Å². The maximum Gasteiger partial charge on any atom is 0.295 e. The predicted octanol–water partition coefficient (Wildman–Crippen LogP) is 5.68. The molecule has 0 aliphatic carbocycles. The van der Waals surface area contributed by atoms with Gasteiger partial charge in [0.25, 0.3) is 11.7 Å². The number of carbonyl (C=O) groups is 2. The number of ketones is 1. The molecule has 0 bridgehead atoms. The van der Waals surface area contributed by atoms with Gasteiger partial charge < -0.3 is 24.2 Å². The van der Waals surface area contributed by atoms with Gasteiger partial charge in [-0.25, -0.2) is 0 Å². The van der Waals surface area contributed by atoms with Crippen LogP contribution in [0.2, 0.25) is 0 Å². The van der Waals surface area contributed by atoms with E-state index in [1.54, 1.807) is 54.9 Å². The summed E-state index contributed by atoms with van der Waals surface area (Å²) >= 11 is 0. The summed E-state index contributed by atoms with van der Waals surface area (Å²) in [5.41, 5.74) is 1.80. The normalized spacial score (nSPS) is 16.4. The summed E-state index contributed by atoms with van der Waals surface area (Å²) in [5.74, 6) is 0.0388. The number of pyridine rings is 1. The summed E-state index contributed by atoms with van der Waals surface area (Å²) in [7, 11) is 0. The number of nitrogens with zero attached hydrogens (tertiary/aromatic N) is 2. The SMILES string of the molecule is CCCCOc1ccc(C2/C(=C(\O)c3ccc(OCC)cc3)C(=O)C(=O)N2Cc2cccnc2)cc1OCC. The number of hydrogen-bond donors (Lipinski definition) is 1. The van der Waals surface area contributed by atoms with Crippen molar-refractivity contribution in [1.29, 1.82) is 0 Å². The van der Waals surface area contributed by atoms with E-state index in [1.807, 2.05) is 26.0 Å². The molecule has 39 heavy (non-hydrogen) atoms. The molecule has 4 rings (SSSR count). The quantitative estimate of drug-likeness (QED) is 0.139. The molecule has 8 nitrogen and oxygen atoms in total. The molecule has 3 aromatic rings. The Bertz CT molecular complexity index is 1320. The second-order valence-corrected chi connectivity index (χ2v) is 9.09. The Balaban J connectivity index is 1.82. The van der Waals surface area contributed by atoms with E-state index in [9.17, 15) is 14.7 Å². The second kappa shape index (κ2) is 13.0. The summed E-state index contributed by atoms with van der Waals surface area (Å²) in [5, 5.41) is 11.4. The van der Waals surface area contributed by atoms with Crippen molar-refractivity contribution >= 4 is 17.4 Å². The molecule has 2 heterocycles. The fraction of sp³-hybridized carbons (Fsp3) is 0.323. The molecular weight excluding hydrogens is 496 g/mol. The van der Waals surface area contributed by atoms with Gasteiger partial charge in [0.15, 0.2) is 11.5 Å². The molecule has 1 amide bonds. The molecule has 0 saturated carbocycles. The number of ether oxygens (including phenoxy) is 3. The van der Waals surface area contributed by atoms with E-state index in [2.05, 4.69) is 11.9 Å². The molecule has 204 valence electrons. The standard InChI is InChI=1S/C31H34N2O6/c1-4-7-17-39-25-15-12-23(18-26(25)38-6-3)28-27(29(34)22-10-13-24(14-11-22)37-5-2)30(35)31(36)33(28)20-21-9-8-16-32-19-21/h8-16,18-19,28,34H,4-7,17,20H2,1-3H3/b29-27+. The van der Waals surface area contributed by atoms with Gasteiger partial charge in [-0.15, -0.1) is 0 Å². The van der Waals surface area contributed by atoms with Gasteiger partial charge in [-0.05, 0) is 73.9 Å². The van der Waals surface area contributed by atoms with E-state index in [1.165, 1.54) is 4.90 Å². The summed E-state index contributed by atoms with van der Waals surface area (Å²) in [6, 6.07) is 14.9. The lowest BCUT2D eigenvalue weighted by Crippen LogP contribution is -2.29. The first kappa shape index (κ1) is 27.7. The molecule has 0 radical (unpaired) electrons. The molecule has 1 aliphatic rings. The van der Waals surface area contributed by atoms with Gasteiger partial charge in [-0.1, -0.05) is 25.5 Å². The van der Waals surface area contributed by atoms with Crippen LogP contribution < -0.4 is 14.2 Å². The maximum absolute atomic E-state index is 13.4. The molecule has 1 aliphatic heterocycles. The first-order valence-corrected chi connectivity index (χ1v) is 13.3. The zero-order valence-electron chi connectivity index (χ0n) is 22.6. The van der Waals surface area contributed by atoms with E-state index < -0.39 is 17.7 Å². The van der Waals surface area contributed by atoms with E-state index in [0.717, 1.165) is 18.4 Å². The average molecular weight is 531 g/mol. The Morgan fingerprint density at radius 2 is 1.72 bits per heavy atom. The van der Waals surface area contributed by atoms with Crippen molar-refractivity contribution in [1.82, 2.24) is 9.88 Å². The van der Waals surface area contributed by atoms with Gasteiger partial charge in [0.2, 0.25) is 0 Å². The van der Waals surface area contributed by atoms with Crippen LogP contribution in [0.25, 0.3) is 5.76 Å². The van der Waals surface area contributed by atoms with Gasteiger partial charge >= 0.3 is 0 Å². The number of benzene rings is 2. The Labute approximate surface area is 228 Å². The number of unbranched alkanes of at least 4 members (excludes halogenated alkanes) is 1. The number of hydrogen-bond acceptors (Lipinski definition) is 7. The van der Waals surface area contributed by atoms with Crippen molar-refractivity contribution in [2.24, 2.45) is 0 Å². The topological polar surface area (TPSA) is 98.2 Å². The minimum atomic E-state index is -0.847. The van der Waals surface area contributed by atoms with E-state index in [4.69, 9.17) is 14.2 Å². The van der Waals surface area contributed by atoms with Crippen LogP contribution in [0.1, 0.15) is 56.3 Å². The molecule has 0 spiro atoms. The Morgan fingerprint density at radius 3 is 2.38 bits per heavy atom. The number of likely N-dealkylation sites (tertiary alicyclic amines) is 1. The molecule has 1 N–H and O–H groups in total. The number of carbonyl (C=O) groups excluding carboxylic acids is 2. The second-order valence-electron chi connectivity index (χ2n) is 9.09. The highest BCUT2D eigenvalue weighted by Gasteiger charge is 2.46. The van der Waals surface area contributed by atoms with E-state index in [-0.39, 0.29) is 17.9 Å². The number of Topliss-reactive ketones (excluding diaryl/α,β-unsaturated/α-hetero) is 1. The van der Waals surface area contributed by atoms with Crippen LogP contribution in [0.3, 0.4) is 0 Å². The Hall–Kier alpha value is -4.33. The lowest BCUT2D eigenvalue weighted by molar-refractivity contribution is -0.140. The number of amides is 1. The minimum absolute atomic E-state index is 0.00940. The highest BCUT2D eigenvalue weighted by atomic mass is 16.5. The zero-order valence-corrected chi connectivity index (χ0v) is 22.6. The number of aliphatic hydroxyl groups excluding tert-OH is 1. The van der Waals surface area contributed by atoms with Gasteiger partial charge in [0, 0.05) is 24.5 Å². The molecule has 1 atom stereocenters. The maximum atomic E-state index is 13.4. The van der Waals surface area contributed by atoms with Crippen molar-refractivity contribution < 1.29 is 28.9 Å². The highest BCUT2D eigenvalue weighted by Crippen LogP contribution is 2.43. The fourth-order valence-corrected chi connectivity index (χ4v) is 4.52. The minimum Gasteiger partial charge on any atom is -0.507 e. The average Bonchev–Trinajstić information content (AvgIpc) is 3.20. The third-order valence-electron chi connectivity index (χ3n) is 6.39. The van der Waals surface area contributed by atoms with Gasteiger partial charge in [0.1, 0.15) is 11.5 Å². The monoisotopic (exact) mass is 530 g/mol. The van der Waals surface area contributed by atoms with Crippen LogP contribution in [0.5, 0.6) is 17.2 Å². The third-order valence-corrected chi connectivity index (χ3v) is 6.39. The smallest absolute Gasteiger partial charge is 0.295 e. The van der Waals surface area contributed by atoms with Crippen LogP contribution in [-0.4, -0.2) is 46.5 Å². The largest absolute Gasteiger partial charge is 0.507 e. The molecule has 1 unspecified atom stereocenters. The third kappa shape index (κ3) is 6.22. The van der Waals surface area contributed by atoms with Crippen LogP contribution in [-0.2, 0) is 16.1 Å². The van der Waals surface area contributed by atoms with Crippen LogP contribution >= 0.6 is 0 Å². The van der Waals surface area contributed by atoms with Crippen LogP contribution in [0.4, 0.5) is 0 Å². The summed E-state index contributed by atoms with van der Waals surface area (Å²) in [6.45, 7) is 7.46. The molecule has 2 aromatic carbocycles. The first-order valence-electron chi connectivity index (χ1n) is 13.3. The fourth-order valence-electron chi connectivity index (χ4n) is 4.52. The number of aromatic nitrogens is 1. The molecule has 1 fully saturated rings. The number of aliphatic hydroxyl groups is 1. The Kier molecular flexibility index (Phi) is 9.20. The van der Waals surface area contributed by atoms with Gasteiger partial charge in [0.05, 0.1) is 31.4 Å². The zero-order chi connectivity index (χ0) is 27.8. The molecule has 1 aromatic heterocycles. The molecular formula is C31H34N2O6. The summed E-state index contributed by atoms with van der Waals surface area (Å²) in [6.07, 6.45) is 5.20. The van der Waals surface area contributed by atoms with E-state index in [0.29, 0.717) is 48.2 Å². The summed E-state index contributed by atoms with van der Waals surface area (Å²) in [4.78, 5) is 32.4. The highest BCUT2D eigenvalue weighted by molar-refractivity contribution is 6.46. The van der Waals surface area contributed by atoms with Crippen molar-refractivity contribution in [3.63, 3.8) is 0 Å². The number of rotatable bonds is 12. The molecule has 1 saturated heterocycles. The van der Waals surface area contributed by atoms with Crippen molar-refractivity contribution in [2.75, 3.05) is 19.8 Å². The lowest BCUT2D eigenvalue weighted by Gasteiger charge is -2.26. The van der Waals surface area contributed by atoms with Crippen molar-refractivity contribution in [3.8, 4) is 17.2 Å². The predicted molar refractivity (Wildman–Crippen MR) is 148 cm³/mol. The van der Waals surface area contributed by atoms with E-state index >= 15 is 0 Å². The van der Waals surface area contributed by atoms with Crippen LogP contribution in [0, 0.1) is 0 Å². The van der Waals surface area contributed by atoms with Gasteiger partial charge in [-0.2, -0.15) is 0 Å². The van der Waals surface area contributed by atoms with Gasteiger partial charge in [-0.3, -0.25) is 14.6 Å². The van der Waals surface area contributed by atoms with Crippen LogP contribution in [0.15, 0.2) is 72.6 Å². The molecule has 8 heteroatoms. The Morgan fingerprint density at radius 1 is 0.949 bits per heavy atom. The summed E-state index contributed by atoms with van der Waals surface area (Å²) < 4.78 is 17.3. The lowest BCUT2D eigenvalue weighted by atomic mass is 9.94.